The monoisotopic (exact) mass is 279 g/mol. The fourth-order valence-electron chi connectivity index (χ4n) is 3.15. The van der Waals surface area contributed by atoms with Crippen molar-refractivity contribution < 1.29 is 14.3 Å². The van der Waals surface area contributed by atoms with Crippen molar-refractivity contribution >= 4 is 5.97 Å². The molecule has 1 atom stereocenters. The van der Waals surface area contributed by atoms with Crippen molar-refractivity contribution in [3.8, 4) is 0 Å². The van der Waals surface area contributed by atoms with E-state index in [1.807, 2.05) is 13.8 Å². The number of nitrogens with one attached hydrogen (secondary N) is 1. The lowest BCUT2D eigenvalue weighted by Gasteiger charge is -2.27. The first-order chi connectivity index (χ1) is 9.47. The molecule has 112 valence electrons. The second kappa shape index (κ2) is 6.44. The SMILES string of the molecule is Cc1cc(C(C)NCC2CCC(C(=O)O)CC2)c(C)o1. The summed E-state index contributed by atoms with van der Waals surface area (Å²) in [4.78, 5) is 10.9. The van der Waals surface area contributed by atoms with Crippen LogP contribution in [0.2, 0.25) is 0 Å². The molecule has 1 fully saturated rings. The Balaban J connectivity index is 1.79. The van der Waals surface area contributed by atoms with Gasteiger partial charge in [0, 0.05) is 11.6 Å². The summed E-state index contributed by atoms with van der Waals surface area (Å²) < 4.78 is 5.56. The second-order valence-electron chi connectivity index (χ2n) is 6.05. The van der Waals surface area contributed by atoms with Gasteiger partial charge >= 0.3 is 5.97 Å². The average Bonchev–Trinajstić information content (AvgIpc) is 2.75. The number of aryl methyl sites for hydroxylation is 2. The zero-order valence-corrected chi connectivity index (χ0v) is 12.6. The van der Waals surface area contributed by atoms with E-state index in [1.54, 1.807) is 0 Å². The Hall–Kier alpha value is -1.29. The Labute approximate surface area is 120 Å². The average molecular weight is 279 g/mol. The van der Waals surface area contributed by atoms with Crippen LogP contribution in [0.3, 0.4) is 0 Å². The molecule has 0 aromatic carbocycles. The van der Waals surface area contributed by atoms with E-state index in [1.165, 1.54) is 5.56 Å². The number of furan rings is 1. The molecule has 1 aromatic heterocycles. The van der Waals surface area contributed by atoms with Gasteiger partial charge in [0.25, 0.3) is 0 Å². The fourth-order valence-corrected chi connectivity index (χ4v) is 3.15. The van der Waals surface area contributed by atoms with Gasteiger partial charge in [-0.2, -0.15) is 0 Å². The normalized spacial score (nSPS) is 24.6. The van der Waals surface area contributed by atoms with Gasteiger partial charge in [0.1, 0.15) is 11.5 Å². The highest BCUT2D eigenvalue weighted by Crippen LogP contribution is 2.29. The number of carboxylic acid groups (broad SMARTS) is 1. The highest BCUT2D eigenvalue weighted by molar-refractivity contribution is 5.69. The molecule has 4 heteroatoms. The number of carboxylic acids is 1. The lowest BCUT2D eigenvalue weighted by molar-refractivity contribution is -0.143. The van der Waals surface area contributed by atoms with Gasteiger partial charge in [-0.3, -0.25) is 4.79 Å². The van der Waals surface area contributed by atoms with Crippen molar-refractivity contribution in [3.63, 3.8) is 0 Å². The van der Waals surface area contributed by atoms with E-state index in [-0.39, 0.29) is 12.0 Å². The Bertz CT molecular complexity index is 458. The quantitative estimate of drug-likeness (QED) is 0.866. The smallest absolute Gasteiger partial charge is 0.306 e. The third-order valence-corrected chi connectivity index (χ3v) is 4.45. The van der Waals surface area contributed by atoms with Gasteiger partial charge < -0.3 is 14.8 Å². The van der Waals surface area contributed by atoms with Crippen LogP contribution in [0.15, 0.2) is 10.5 Å². The van der Waals surface area contributed by atoms with Crippen molar-refractivity contribution in [3.05, 3.63) is 23.2 Å². The van der Waals surface area contributed by atoms with Gasteiger partial charge in [0.05, 0.1) is 5.92 Å². The number of hydrogen-bond acceptors (Lipinski definition) is 3. The van der Waals surface area contributed by atoms with E-state index in [0.29, 0.717) is 5.92 Å². The maximum atomic E-state index is 10.9. The molecular formula is C16H25NO3. The highest BCUT2D eigenvalue weighted by Gasteiger charge is 2.26. The molecule has 0 bridgehead atoms. The predicted octanol–water partition coefficient (Wildman–Crippen LogP) is 3.44. The van der Waals surface area contributed by atoms with Gasteiger partial charge in [-0.25, -0.2) is 0 Å². The van der Waals surface area contributed by atoms with Gasteiger partial charge in [0.15, 0.2) is 0 Å². The molecule has 2 N–H and O–H groups in total. The number of aliphatic carboxylic acids is 1. The number of hydrogen-bond donors (Lipinski definition) is 2. The Morgan fingerprint density at radius 1 is 1.40 bits per heavy atom. The molecule has 0 saturated heterocycles. The zero-order chi connectivity index (χ0) is 14.7. The van der Waals surface area contributed by atoms with E-state index in [2.05, 4.69) is 18.3 Å². The van der Waals surface area contributed by atoms with Crippen molar-refractivity contribution in [2.45, 2.75) is 52.5 Å². The summed E-state index contributed by atoms with van der Waals surface area (Å²) in [6.07, 6.45) is 3.67. The summed E-state index contributed by atoms with van der Waals surface area (Å²) in [5, 5.41) is 12.6. The predicted molar refractivity (Wildman–Crippen MR) is 77.7 cm³/mol. The molecule has 0 aliphatic heterocycles. The molecule has 0 spiro atoms. The molecule has 1 saturated carbocycles. The van der Waals surface area contributed by atoms with E-state index in [0.717, 1.165) is 43.7 Å². The molecule has 1 heterocycles. The Morgan fingerprint density at radius 2 is 2.05 bits per heavy atom. The lowest BCUT2D eigenvalue weighted by Crippen LogP contribution is -2.30. The summed E-state index contributed by atoms with van der Waals surface area (Å²) in [5.41, 5.74) is 1.22. The summed E-state index contributed by atoms with van der Waals surface area (Å²) in [7, 11) is 0. The zero-order valence-electron chi connectivity index (χ0n) is 12.6. The van der Waals surface area contributed by atoms with Gasteiger partial charge in [0.2, 0.25) is 0 Å². The topological polar surface area (TPSA) is 62.5 Å². The third kappa shape index (κ3) is 3.63. The Kier molecular flexibility index (Phi) is 4.86. The van der Waals surface area contributed by atoms with Crippen LogP contribution in [0.25, 0.3) is 0 Å². The molecule has 0 amide bonds. The van der Waals surface area contributed by atoms with Crippen molar-refractivity contribution in [2.24, 2.45) is 11.8 Å². The first-order valence-corrected chi connectivity index (χ1v) is 7.50. The van der Waals surface area contributed by atoms with E-state index < -0.39 is 5.97 Å². The van der Waals surface area contributed by atoms with Crippen molar-refractivity contribution in [1.29, 1.82) is 0 Å². The molecule has 0 radical (unpaired) electrons. The summed E-state index contributed by atoms with van der Waals surface area (Å²) >= 11 is 0. The van der Waals surface area contributed by atoms with Crippen LogP contribution in [0.5, 0.6) is 0 Å². The highest BCUT2D eigenvalue weighted by atomic mass is 16.4. The Morgan fingerprint density at radius 3 is 2.55 bits per heavy atom. The molecule has 1 aliphatic rings. The van der Waals surface area contributed by atoms with Crippen LogP contribution < -0.4 is 5.32 Å². The minimum absolute atomic E-state index is 0.123. The van der Waals surface area contributed by atoms with Crippen LogP contribution in [0.1, 0.15) is 55.7 Å². The van der Waals surface area contributed by atoms with Gasteiger partial charge in [-0.05, 0) is 65.0 Å². The standard InChI is InChI=1S/C16H25NO3/c1-10-8-15(12(3)20-10)11(2)17-9-13-4-6-14(7-5-13)16(18)19/h8,11,13-14,17H,4-7,9H2,1-3H3,(H,18,19). The van der Waals surface area contributed by atoms with Crippen LogP contribution in [-0.4, -0.2) is 17.6 Å². The van der Waals surface area contributed by atoms with Crippen LogP contribution in [0.4, 0.5) is 0 Å². The lowest BCUT2D eigenvalue weighted by atomic mass is 9.82. The molecular weight excluding hydrogens is 254 g/mol. The first kappa shape index (κ1) is 15.1. The molecule has 4 nitrogen and oxygen atoms in total. The largest absolute Gasteiger partial charge is 0.481 e. The van der Waals surface area contributed by atoms with Crippen LogP contribution in [-0.2, 0) is 4.79 Å². The maximum Gasteiger partial charge on any atom is 0.306 e. The van der Waals surface area contributed by atoms with Crippen molar-refractivity contribution in [2.75, 3.05) is 6.54 Å². The van der Waals surface area contributed by atoms with Crippen LogP contribution >= 0.6 is 0 Å². The summed E-state index contributed by atoms with van der Waals surface area (Å²) in [5.74, 6) is 1.78. The molecule has 1 aliphatic carbocycles. The molecule has 1 unspecified atom stereocenters. The first-order valence-electron chi connectivity index (χ1n) is 7.50. The minimum atomic E-state index is -0.630. The molecule has 1 aromatic rings. The third-order valence-electron chi connectivity index (χ3n) is 4.45. The van der Waals surface area contributed by atoms with Crippen molar-refractivity contribution in [1.82, 2.24) is 5.32 Å². The number of carbonyl (C=O) groups is 1. The second-order valence-corrected chi connectivity index (χ2v) is 6.05. The van der Waals surface area contributed by atoms with E-state index in [4.69, 9.17) is 9.52 Å². The maximum absolute atomic E-state index is 10.9. The molecule has 20 heavy (non-hydrogen) atoms. The van der Waals surface area contributed by atoms with Crippen LogP contribution in [0, 0.1) is 25.7 Å². The van der Waals surface area contributed by atoms with Gasteiger partial charge in [-0.15, -0.1) is 0 Å². The van der Waals surface area contributed by atoms with Gasteiger partial charge in [-0.1, -0.05) is 0 Å². The van der Waals surface area contributed by atoms with E-state index in [9.17, 15) is 4.79 Å². The fraction of sp³-hybridized carbons (Fsp3) is 0.688. The minimum Gasteiger partial charge on any atom is -0.481 e. The molecule has 2 rings (SSSR count). The summed E-state index contributed by atoms with van der Waals surface area (Å²) in [6, 6.07) is 2.37. The summed E-state index contributed by atoms with van der Waals surface area (Å²) in [6.45, 7) is 7.08. The van der Waals surface area contributed by atoms with E-state index >= 15 is 0 Å². The number of rotatable bonds is 5.